The first kappa shape index (κ1) is 9.82. The van der Waals surface area contributed by atoms with Crippen molar-refractivity contribution >= 4 is 0 Å². The summed E-state index contributed by atoms with van der Waals surface area (Å²) in [6, 6.07) is 0. The predicted molar refractivity (Wildman–Crippen MR) is 55.3 cm³/mol. The smallest absolute Gasteiger partial charge is 0.169 e. The molecule has 0 aromatic rings. The monoisotopic (exact) mass is 210 g/mol. The molecule has 3 atom stereocenters. The highest BCUT2D eigenvalue weighted by Gasteiger charge is 2.54. The minimum Gasteiger partial charge on any atom is -0.383 e. The number of aliphatic hydroxyl groups is 1. The van der Waals surface area contributed by atoms with Crippen molar-refractivity contribution in [1.29, 1.82) is 0 Å². The number of hydrogen-bond donors (Lipinski definition) is 1. The number of rotatable bonds is 0. The van der Waals surface area contributed by atoms with Gasteiger partial charge in [0.1, 0.15) is 17.8 Å². The molecule has 3 aliphatic rings. The molecular formula is C12H18O3. The van der Waals surface area contributed by atoms with Gasteiger partial charge in [0.2, 0.25) is 0 Å². The molecule has 1 saturated heterocycles. The van der Waals surface area contributed by atoms with Crippen molar-refractivity contribution in [2.45, 2.75) is 62.6 Å². The van der Waals surface area contributed by atoms with Crippen LogP contribution in [-0.2, 0) is 9.47 Å². The molecule has 84 valence electrons. The zero-order valence-electron chi connectivity index (χ0n) is 9.11. The number of fused-ring (bicyclic) bond motifs is 1. The maximum Gasteiger partial charge on any atom is 0.169 e. The van der Waals surface area contributed by atoms with Gasteiger partial charge < -0.3 is 14.6 Å². The third-order valence-corrected chi connectivity index (χ3v) is 3.81. The van der Waals surface area contributed by atoms with Crippen molar-refractivity contribution in [3.8, 4) is 0 Å². The SMILES string of the molecule is C[C@@]1(O)C=C[C@@H]2OC3(CCCCC3)O[C@@H]21. The van der Waals surface area contributed by atoms with Crippen molar-refractivity contribution in [2.75, 3.05) is 0 Å². The van der Waals surface area contributed by atoms with E-state index >= 15 is 0 Å². The molecule has 3 heteroatoms. The molecule has 15 heavy (non-hydrogen) atoms. The predicted octanol–water partition coefficient (Wildman–Crippen LogP) is 1.75. The molecule has 0 radical (unpaired) electrons. The standard InChI is InChI=1S/C12H18O3/c1-11(13)8-5-9-10(11)15-12(14-9)6-3-2-4-7-12/h5,8-10,13H,2-4,6-7H2,1H3/t9-,10-,11+/m0/s1. The first-order valence-corrected chi connectivity index (χ1v) is 5.89. The van der Waals surface area contributed by atoms with Gasteiger partial charge in [0.15, 0.2) is 5.79 Å². The fourth-order valence-corrected chi connectivity index (χ4v) is 2.94. The zero-order chi connectivity index (χ0) is 10.5. The molecule has 1 saturated carbocycles. The number of hydrogen-bond acceptors (Lipinski definition) is 3. The van der Waals surface area contributed by atoms with Crippen molar-refractivity contribution in [2.24, 2.45) is 0 Å². The molecule has 0 aromatic carbocycles. The molecule has 2 fully saturated rings. The average Bonchev–Trinajstić information content (AvgIpc) is 2.67. The maximum atomic E-state index is 10.1. The third kappa shape index (κ3) is 1.45. The van der Waals surface area contributed by atoms with E-state index < -0.39 is 5.60 Å². The van der Waals surface area contributed by atoms with E-state index in [-0.39, 0.29) is 18.0 Å². The van der Waals surface area contributed by atoms with Crippen molar-refractivity contribution in [3.05, 3.63) is 12.2 Å². The summed E-state index contributed by atoms with van der Waals surface area (Å²) in [6.07, 6.45) is 9.06. The Balaban J connectivity index is 1.80. The average molecular weight is 210 g/mol. The molecule has 1 aliphatic heterocycles. The van der Waals surface area contributed by atoms with Gasteiger partial charge in [0.25, 0.3) is 0 Å². The summed E-state index contributed by atoms with van der Waals surface area (Å²) in [4.78, 5) is 0. The second kappa shape index (κ2) is 3.06. The summed E-state index contributed by atoms with van der Waals surface area (Å²) in [5, 5.41) is 10.1. The van der Waals surface area contributed by atoms with Gasteiger partial charge in [-0.3, -0.25) is 0 Å². The summed E-state index contributed by atoms with van der Waals surface area (Å²) >= 11 is 0. The third-order valence-electron chi connectivity index (χ3n) is 3.81. The topological polar surface area (TPSA) is 38.7 Å². The van der Waals surface area contributed by atoms with Gasteiger partial charge in [-0.15, -0.1) is 0 Å². The van der Waals surface area contributed by atoms with E-state index in [2.05, 4.69) is 0 Å². The maximum absolute atomic E-state index is 10.1. The van der Waals surface area contributed by atoms with Crippen LogP contribution in [0.3, 0.4) is 0 Å². The van der Waals surface area contributed by atoms with E-state index in [1.807, 2.05) is 6.08 Å². The fraction of sp³-hybridized carbons (Fsp3) is 0.833. The highest BCUT2D eigenvalue weighted by atomic mass is 16.8. The molecule has 3 rings (SSSR count). The van der Waals surface area contributed by atoms with E-state index in [4.69, 9.17) is 9.47 Å². The van der Waals surface area contributed by atoms with Gasteiger partial charge in [-0.05, 0) is 19.8 Å². The lowest BCUT2D eigenvalue weighted by atomic mass is 9.94. The summed E-state index contributed by atoms with van der Waals surface area (Å²) in [6.45, 7) is 1.79. The molecule has 0 unspecified atom stereocenters. The minimum atomic E-state index is -0.856. The molecule has 0 aromatic heterocycles. The Kier molecular flexibility index (Phi) is 2.00. The molecule has 3 nitrogen and oxygen atoms in total. The summed E-state index contributed by atoms with van der Waals surface area (Å²) in [5.41, 5.74) is -0.856. The second-order valence-corrected chi connectivity index (χ2v) is 5.18. The van der Waals surface area contributed by atoms with Crippen LogP contribution < -0.4 is 0 Å². The van der Waals surface area contributed by atoms with Gasteiger partial charge >= 0.3 is 0 Å². The van der Waals surface area contributed by atoms with Gasteiger partial charge in [0, 0.05) is 12.8 Å². The summed E-state index contributed by atoms with van der Waals surface area (Å²) in [7, 11) is 0. The van der Waals surface area contributed by atoms with Gasteiger partial charge in [-0.2, -0.15) is 0 Å². The highest BCUT2D eigenvalue weighted by molar-refractivity contribution is 5.20. The van der Waals surface area contributed by atoms with Crippen LogP contribution in [0.25, 0.3) is 0 Å². The van der Waals surface area contributed by atoms with Crippen LogP contribution in [0.1, 0.15) is 39.0 Å². The Labute approximate surface area is 90.1 Å². The first-order chi connectivity index (χ1) is 7.11. The molecule has 1 spiro atoms. The van der Waals surface area contributed by atoms with E-state index in [1.54, 1.807) is 13.0 Å². The van der Waals surface area contributed by atoms with Crippen molar-refractivity contribution in [1.82, 2.24) is 0 Å². The Morgan fingerprint density at radius 3 is 2.60 bits per heavy atom. The summed E-state index contributed by atoms with van der Waals surface area (Å²) < 4.78 is 12.0. The Morgan fingerprint density at radius 2 is 1.93 bits per heavy atom. The minimum absolute atomic E-state index is 0.0434. The quantitative estimate of drug-likeness (QED) is 0.619. The van der Waals surface area contributed by atoms with Crippen LogP contribution in [0.5, 0.6) is 0 Å². The molecular weight excluding hydrogens is 192 g/mol. The lowest BCUT2D eigenvalue weighted by Crippen LogP contribution is -2.40. The second-order valence-electron chi connectivity index (χ2n) is 5.18. The van der Waals surface area contributed by atoms with Gasteiger partial charge in [-0.1, -0.05) is 18.6 Å². The van der Waals surface area contributed by atoms with E-state index in [0.29, 0.717) is 0 Å². The van der Waals surface area contributed by atoms with E-state index in [1.165, 1.54) is 19.3 Å². The highest BCUT2D eigenvalue weighted by Crippen LogP contribution is 2.45. The molecule has 0 bridgehead atoms. The normalized spacial score (nSPS) is 47.3. The molecule has 2 aliphatic carbocycles. The largest absolute Gasteiger partial charge is 0.383 e. The van der Waals surface area contributed by atoms with Gasteiger partial charge in [0.05, 0.1) is 0 Å². The lowest BCUT2D eigenvalue weighted by Gasteiger charge is -2.33. The number of ether oxygens (including phenoxy) is 2. The Hall–Kier alpha value is -0.380. The van der Waals surface area contributed by atoms with Crippen LogP contribution in [0.2, 0.25) is 0 Å². The lowest BCUT2D eigenvalue weighted by molar-refractivity contribution is -0.204. The summed E-state index contributed by atoms with van der Waals surface area (Å²) in [5.74, 6) is -0.387. The zero-order valence-corrected chi connectivity index (χ0v) is 9.11. The van der Waals surface area contributed by atoms with Crippen LogP contribution in [0, 0.1) is 0 Å². The van der Waals surface area contributed by atoms with Crippen LogP contribution in [0.15, 0.2) is 12.2 Å². The fourth-order valence-electron chi connectivity index (χ4n) is 2.94. The molecule has 0 amide bonds. The van der Waals surface area contributed by atoms with Crippen molar-refractivity contribution in [3.63, 3.8) is 0 Å². The van der Waals surface area contributed by atoms with Crippen LogP contribution in [0.4, 0.5) is 0 Å². The van der Waals surface area contributed by atoms with Gasteiger partial charge in [-0.25, -0.2) is 0 Å². The Morgan fingerprint density at radius 1 is 1.20 bits per heavy atom. The van der Waals surface area contributed by atoms with Crippen LogP contribution >= 0.6 is 0 Å². The van der Waals surface area contributed by atoms with E-state index in [0.717, 1.165) is 12.8 Å². The first-order valence-electron chi connectivity index (χ1n) is 5.89. The van der Waals surface area contributed by atoms with Crippen molar-refractivity contribution < 1.29 is 14.6 Å². The molecule has 1 heterocycles. The van der Waals surface area contributed by atoms with Crippen LogP contribution in [-0.4, -0.2) is 28.7 Å². The Bertz CT molecular complexity index is 289. The van der Waals surface area contributed by atoms with E-state index in [9.17, 15) is 5.11 Å². The molecule has 1 N–H and O–H groups in total.